The van der Waals surface area contributed by atoms with E-state index in [0.717, 1.165) is 5.56 Å². The van der Waals surface area contributed by atoms with Crippen LogP contribution in [0.5, 0.6) is 0 Å². The standard InChI is InChI=1S/C13H14FN3O2S/c14-11-3-1-10(2-4-11)5-8-17-20(18,19)12-6-7-16-13(15)9-12/h1-4,6-7,9,17H,5,8H2,(H2,15,16). The molecule has 1 aromatic heterocycles. The first-order chi connectivity index (χ1) is 9.47. The lowest BCUT2D eigenvalue weighted by Gasteiger charge is -2.07. The number of nitrogens with one attached hydrogen (secondary N) is 1. The van der Waals surface area contributed by atoms with Gasteiger partial charge in [-0.2, -0.15) is 0 Å². The summed E-state index contributed by atoms with van der Waals surface area (Å²) in [6.07, 6.45) is 1.81. The molecule has 1 heterocycles. The zero-order chi connectivity index (χ0) is 14.6. The van der Waals surface area contributed by atoms with Crippen LogP contribution in [-0.2, 0) is 16.4 Å². The van der Waals surface area contributed by atoms with Crippen LogP contribution >= 0.6 is 0 Å². The third-order valence-corrected chi connectivity index (χ3v) is 4.14. The van der Waals surface area contributed by atoms with Crippen LogP contribution in [0.15, 0.2) is 47.5 Å². The molecule has 0 radical (unpaired) electrons. The van der Waals surface area contributed by atoms with Crippen LogP contribution in [0.25, 0.3) is 0 Å². The van der Waals surface area contributed by atoms with E-state index in [0.29, 0.717) is 6.42 Å². The lowest BCUT2D eigenvalue weighted by molar-refractivity contribution is 0.581. The number of nitrogen functional groups attached to an aromatic ring is 1. The lowest BCUT2D eigenvalue weighted by atomic mass is 10.1. The maximum Gasteiger partial charge on any atom is 0.240 e. The van der Waals surface area contributed by atoms with Gasteiger partial charge in [-0.15, -0.1) is 0 Å². The highest BCUT2D eigenvalue weighted by Gasteiger charge is 2.13. The molecule has 5 nitrogen and oxygen atoms in total. The third kappa shape index (κ3) is 3.75. The predicted molar refractivity (Wildman–Crippen MR) is 73.9 cm³/mol. The summed E-state index contributed by atoms with van der Waals surface area (Å²) in [7, 11) is -3.61. The molecule has 0 saturated heterocycles. The molecule has 0 spiro atoms. The molecule has 20 heavy (non-hydrogen) atoms. The second-order valence-corrected chi connectivity index (χ2v) is 5.96. The van der Waals surface area contributed by atoms with Gasteiger partial charge in [-0.3, -0.25) is 0 Å². The number of rotatable bonds is 5. The van der Waals surface area contributed by atoms with E-state index in [9.17, 15) is 12.8 Å². The Kier molecular flexibility index (Phi) is 4.31. The summed E-state index contributed by atoms with van der Waals surface area (Å²) >= 11 is 0. The molecule has 0 aliphatic heterocycles. The molecule has 2 rings (SSSR count). The molecule has 0 unspecified atom stereocenters. The molecule has 0 saturated carbocycles. The van der Waals surface area contributed by atoms with E-state index >= 15 is 0 Å². The van der Waals surface area contributed by atoms with Gasteiger partial charge < -0.3 is 5.73 Å². The van der Waals surface area contributed by atoms with Crippen molar-refractivity contribution in [1.29, 1.82) is 0 Å². The fourth-order valence-electron chi connectivity index (χ4n) is 1.66. The number of nitrogens with zero attached hydrogens (tertiary/aromatic N) is 1. The van der Waals surface area contributed by atoms with Crippen molar-refractivity contribution in [3.63, 3.8) is 0 Å². The smallest absolute Gasteiger partial charge is 0.240 e. The minimum Gasteiger partial charge on any atom is -0.384 e. The average molecular weight is 295 g/mol. The molecule has 0 atom stereocenters. The van der Waals surface area contributed by atoms with Crippen LogP contribution in [0, 0.1) is 5.82 Å². The Balaban J connectivity index is 1.98. The van der Waals surface area contributed by atoms with E-state index in [-0.39, 0.29) is 23.1 Å². The molecular formula is C13H14FN3O2S. The normalized spacial score (nSPS) is 11.4. The zero-order valence-corrected chi connectivity index (χ0v) is 11.4. The molecule has 2 aromatic rings. The molecule has 0 aliphatic carbocycles. The second kappa shape index (κ2) is 5.98. The maximum atomic E-state index is 12.7. The van der Waals surface area contributed by atoms with Gasteiger partial charge in [0.2, 0.25) is 10.0 Å². The van der Waals surface area contributed by atoms with Gasteiger partial charge in [-0.1, -0.05) is 12.1 Å². The van der Waals surface area contributed by atoms with Crippen LogP contribution in [0.3, 0.4) is 0 Å². The number of benzene rings is 1. The van der Waals surface area contributed by atoms with Crippen LogP contribution in [0.1, 0.15) is 5.56 Å². The minimum absolute atomic E-state index is 0.0732. The summed E-state index contributed by atoms with van der Waals surface area (Å²) < 4.78 is 39.1. The van der Waals surface area contributed by atoms with Crippen molar-refractivity contribution in [1.82, 2.24) is 9.71 Å². The van der Waals surface area contributed by atoms with Gasteiger partial charge in [-0.25, -0.2) is 22.5 Å². The number of anilines is 1. The first kappa shape index (κ1) is 14.4. The third-order valence-electron chi connectivity index (χ3n) is 2.68. The fourth-order valence-corrected chi connectivity index (χ4v) is 2.71. The van der Waals surface area contributed by atoms with Crippen molar-refractivity contribution >= 4 is 15.8 Å². The summed E-state index contributed by atoms with van der Waals surface area (Å²) in [5.74, 6) is -0.173. The van der Waals surface area contributed by atoms with E-state index in [1.807, 2.05) is 0 Å². The molecule has 7 heteroatoms. The van der Waals surface area contributed by atoms with Crippen molar-refractivity contribution in [2.45, 2.75) is 11.3 Å². The van der Waals surface area contributed by atoms with Crippen molar-refractivity contribution < 1.29 is 12.8 Å². The monoisotopic (exact) mass is 295 g/mol. The summed E-state index contributed by atoms with van der Waals surface area (Å²) in [5.41, 5.74) is 6.30. The van der Waals surface area contributed by atoms with Crippen LogP contribution < -0.4 is 10.5 Å². The summed E-state index contributed by atoms with van der Waals surface area (Å²) in [4.78, 5) is 3.81. The Morgan fingerprint density at radius 1 is 1.20 bits per heavy atom. The number of halogens is 1. The van der Waals surface area contributed by atoms with Gasteiger partial charge in [-0.05, 0) is 30.2 Å². The van der Waals surface area contributed by atoms with Gasteiger partial charge in [0.25, 0.3) is 0 Å². The molecule has 0 amide bonds. The molecule has 106 valence electrons. The van der Waals surface area contributed by atoms with Crippen molar-refractivity contribution in [3.8, 4) is 0 Å². The quantitative estimate of drug-likeness (QED) is 0.871. The van der Waals surface area contributed by atoms with Gasteiger partial charge in [0.1, 0.15) is 11.6 Å². The number of hydrogen-bond donors (Lipinski definition) is 2. The van der Waals surface area contributed by atoms with Crippen LogP contribution in [-0.4, -0.2) is 19.9 Å². The van der Waals surface area contributed by atoms with E-state index in [1.54, 1.807) is 12.1 Å². The molecule has 1 aromatic carbocycles. The first-order valence-corrected chi connectivity index (χ1v) is 7.41. The number of nitrogens with two attached hydrogens (primary N) is 1. The predicted octanol–water partition coefficient (Wildman–Crippen LogP) is 1.32. The average Bonchev–Trinajstić information content (AvgIpc) is 2.41. The molecule has 3 N–H and O–H groups in total. The minimum atomic E-state index is -3.61. The highest BCUT2D eigenvalue weighted by molar-refractivity contribution is 7.89. The number of hydrogen-bond acceptors (Lipinski definition) is 4. The Hall–Kier alpha value is -1.99. The Labute approximate surface area is 116 Å². The van der Waals surface area contributed by atoms with Crippen molar-refractivity contribution in [2.24, 2.45) is 0 Å². The largest absolute Gasteiger partial charge is 0.384 e. The van der Waals surface area contributed by atoms with Gasteiger partial charge in [0.05, 0.1) is 4.90 Å². The van der Waals surface area contributed by atoms with Crippen LogP contribution in [0.2, 0.25) is 0 Å². The molecule has 0 aliphatic rings. The second-order valence-electron chi connectivity index (χ2n) is 4.19. The van der Waals surface area contributed by atoms with E-state index in [4.69, 9.17) is 5.73 Å². The number of aromatic nitrogens is 1. The van der Waals surface area contributed by atoms with E-state index in [1.165, 1.54) is 30.5 Å². The van der Waals surface area contributed by atoms with Crippen molar-refractivity contribution in [3.05, 3.63) is 54.0 Å². The van der Waals surface area contributed by atoms with Gasteiger partial charge in [0.15, 0.2) is 0 Å². The summed E-state index contributed by atoms with van der Waals surface area (Å²) in [6, 6.07) is 8.58. The molecule has 0 fully saturated rings. The Morgan fingerprint density at radius 3 is 2.55 bits per heavy atom. The van der Waals surface area contributed by atoms with Gasteiger partial charge >= 0.3 is 0 Å². The Morgan fingerprint density at radius 2 is 1.90 bits per heavy atom. The van der Waals surface area contributed by atoms with Gasteiger partial charge in [0, 0.05) is 18.8 Å². The fraction of sp³-hybridized carbons (Fsp3) is 0.154. The number of pyridine rings is 1. The van der Waals surface area contributed by atoms with Crippen LogP contribution in [0.4, 0.5) is 10.2 Å². The van der Waals surface area contributed by atoms with E-state index < -0.39 is 10.0 Å². The molecular weight excluding hydrogens is 281 g/mol. The SMILES string of the molecule is Nc1cc(S(=O)(=O)NCCc2ccc(F)cc2)ccn1. The lowest BCUT2D eigenvalue weighted by Crippen LogP contribution is -2.26. The highest BCUT2D eigenvalue weighted by atomic mass is 32.2. The Bertz CT molecular complexity index is 687. The molecule has 0 bridgehead atoms. The van der Waals surface area contributed by atoms with Crippen molar-refractivity contribution in [2.75, 3.05) is 12.3 Å². The zero-order valence-electron chi connectivity index (χ0n) is 10.6. The topological polar surface area (TPSA) is 85.1 Å². The maximum absolute atomic E-state index is 12.7. The summed E-state index contributed by atoms with van der Waals surface area (Å²) in [5, 5.41) is 0. The highest BCUT2D eigenvalue weighted by Crippen LogP contribution is 2.10. The number of sulfonamides is 1. The van der Waals surface area contributed by atoms with E-state index in [2.05, 4.69) is 9.71 Å². The summed E-state index contributed by atoms with van der Waals surface area (Å²) in [6.45, 7) is 0.218. The first-order valence-electron chi connectivity index (χ1n) is 5.93.